The summed E-state index contributed by atoms with van der Waals surface area (Å²) in [4.78, 5) is 25.4. The monoisotopic (exact) mass is 490 g/mol. The van der Waals surface area contributed by atoms with Gasteiger partial charge in [-0.15, -0.1) is 0 Å². The summed E-state index contributed by atoms with van der Waals surface area (Å²) in [6, 6.07) is 9.16. The summed E-state index contributed by atoms with van der Waals surface area (Å²) in [5, 5.41) is 6.07. The molecule has 2 aromatic rings. The number of amides is 2. The van der Waals surface area contributed by atoms with Gasteiger partial charge in [-0.05, 0) is 42.8 Å². The first kappa shape index (κ1) is 22.6. The maximum Gasteiger partial charge on any atom is 0.279 e. The molecule has 3 N–H and O–H groups in total. The van der Waals surface area contributed by atoms with Crippen LogP contribution in [0.15, 0.2) is 40.9 Å². The van der Waals surface area contributed by atoms with Crippen LogP contribution >= 0.6 is 39.1 Å². The van der Waals surface area contributed by atoms with Crippen LogP contribution in [0.5, 0.6) is 0 Å². The molecule has 0 aromatic heterocycles. The smallest absolute Gasteiger partial charge is 0.279 e. The van der Waals surface area contributed by atoms with Crippen molar-refractivity contribution in [1.82, 2.24) is 0 Å². The Morgan fingerprint density at radius 1 is 1.04 bits per heavy atom. The number of quaternary nitrogens is 1. The standard InChI is InChI=1S/C19H19BrCl2FN3O2/c1-2-7-26(10-18(27)24-16-6-3-12(20)8-15(16)23)11-19(28)25-17-9-13(21)4-5-14(17)22/h3-6,8-9H,2,7,10-11H2,1H3,(H,24,27)(H,25,28)/p+1. The van der Waals surface area contributed by atoms with E-state index in [4.69, 9.17) is 23.2 Å². The van der Waals surface area contributed by atoms with Gasteiger partial charge in [-0.25, -0.2) is 4.39 Å². The van der Waals surface area contributed by atoms with Crippen LogP contribution < -0.4 is 15.5 Å². The van der Waals surface area contributed by atoms with Crippen LogP contribution in [0.25, 0.3) is 0 Å². The Kier molecular flexibility index (Phi) is 8.69. The molecule has 0 spiro atoms. The van der Waals surface area contributed by atoms with Gasteiger partial charge in [0.1, 0.15) is 5.82 Å². The van der Waals surface area contributed by atoms with E-state index < -0.39 is 5.82 Å². The number of rotatable bonds is 8. The molecule has 2 rings (SSSR count). The lowest BCUT2D eigenvalue weighted by atomic mass is 10.3. The number of benzene rings is 2. The fourth-order valence-electron chi connectivity index (χ4n) is 2.62. The zero-order valence-corrected chi connectivity index (χ0v) is 18.2. The van der Waals surface area contributed by atoms with Gasteiger partial charge < -0.3 is 15.5 Å². The number of carbonyl (C=O) groups is 2. The van der Waals surface area contributed by atoms with Gasteiger partial charge in [-0.2, -0.15) is 0 Å². The van der Waals surface area contributed by atoms with E-state index in [0.29, 0.717) is 26.8 Å². The maximum absolute atomic E-state index is 13.9. The molecule has 2 aromatic carbocycles. The molecule has 1 unspecified atom stereocenters. The first-order chi connectivity index (χ1) is 13.3. The molecule has 28 heavy (non-hydrogen) atoms. The summed E-state index contributed by atoms with van der Waals surface area (Å²) in [6.45, 7) is 2.65. The summed E-state index contributed by atoms with van der Waals surface area (Å²) in [5.41, 5.74) is 0.510. The minimum absolute atomic E-state index is 0.0278. The number of nitrogens with one attached hydrogen (secondary N) is 3. The van der Waals surface area contributed by atoms with Crippen LogP contribution in [0.4, 0.5) is 15.8 Å². The third-order valence-corrected chi connectivity index (χ3v) is 4.89. The Labute approximate surface area is 181 Å². The number of halogens is 4. The van der Waals surface area contributed by atoms with Crippen molar-refractivity contribution in [2.24, 2.45) is 0 Å². The van der Waals surface area contributed by atoms with Crippen LogP contribution in [0.3, 0.4) is 0 Å². The van der Waals surface area contributed by atoms with Crippen molar-refractivity contribution >= 4 is 62.3 Å². The molecule has 0 aliphatic rings. The lowest BCUT2D eigenvalue weighted by Crippen LogP contribution is -3.14. The molecule has 0 fully saturated rings. The highest BCUT2D eigenvalue weighted by Crippen LogP contribution is 2.25. The molecule has 9 heteroatoms. The molecular weight excluding hydrogens is 472 g/mol. The van der Waals surface area contributed by atoms with Crippen LogP contribution in [0.2, 0.25) is 10.0 Å². The molecule has 2 amide bonds. The van der Waals surface area contributed by atoms with Gasteiger partial charge in [0, 0.05) is 9.50 Å². The Morgan fingerprint density at radius 3 is 2.29 bits per heavy atom. The molecule has 0 heterocycles. The van der Waals surface area contributed by atoms with Crippen molar-refractivity contribution in [3.05, 3.63) is 56.7 Å². The van der Waals surface area contributed by atoms with Crippen LogP contribution in [0, 0.1) is 5.82 Å². The van der Waals surface area contributed by atoms with Gasteiger partial charge in [0.2, 0.25) is 0 Å². The minimum atomic E-state index is -0.534. The normalized spacial score (nSPS) is 11.8. The molecule has 0 aliphatic heterocycles. The van der Waals surface area contributed by atoms with E-state index in [1.54, 1.807) is 24.3 Å². The Balaban J connectivity index is 1.97. The van der Waals surface area contributed by atoms with Crippen molar-refractivity contribution < 1.29 is 18.9 Å². The highest BCUT2D eigenvalue weighted by molar-refractivity contribution is 9.10. The molecule has 0 saturated heterocycles. The average molecular weight is 492 g/mol. The third-order valence-electron chi connectivity index (χ3n) is 3.83. The highest BCUT2D eigenvalue weighted by Gasteiger charge is 2.19. The molecule has 5 nitrogen and oxygen atoms in total. The first-order valence-electron chi connectivity index (χ1n) is 8.62. The molecule has 150 valence electrons. The number of hydrogen-bond donors (Lipinski definition) is 3. The zero-order chi connectivity index (χ0) is 20.7. The SMILES string of the molecule is CCC[NH+](CC(=O)Nc1ccc(Br)cc1F)CC(=O)Nc1cc(Cl)ccc1Cl. The second-order valence-corrected chi connectivity index (χ2v) is 7.96. The third kappa shape index (κ3) is 7.05. The van der Waals surface area contributed by atoms with Crippen molar-refractivity contribution in [3.63, 3.8) is 0 Å². The predicted octanol–water partition coefficient (Wildman–Crippen LogP) is 3.77. The van der Waals surface area contributed by atoms with Crippen molar-refractivity contribution in [3.8, 4) is 0 Å². The fraction of sp³-hybridized carbons (Fsp3) is 0.263. The summed E-state index contributed by atoms with van der Waals surface area (Å²) in [6.07, 6.45) is 0.778. The average Bonchev–Trinajstić information content (AvgIpc) is 2.60. The summed E-state index contributed by atoms with van der Waals surface area (Å²) >= 11 is 15.1. The Morgan fingerprint density at radius 2 is 1.68 bits per heavy atom. The van der Waals surface area contributed by atoms with Crippen molar-refractivity contribution in [2.45, 2.75) is 13.3 Å². The van der Waals surface area contributed by atoms with Crippen LogP contribution in [0.1, 0.15) is 13.3 Å². The van der Waals surface area contributed by atoms with E-state index >= 15 is 0 Å². The quantitative estimate of drug-likeness (QED) is 0.526. The summed E-state index contributed by atoms with van der Waals surface area (Å²) in [7, 11) is 0. The van der Waals surface area contributed by atoms with E-state index in [0.717, 1.165) is 11.3 Å². The van der Waals surface area contributed by atoms with Crippen molar-refractivity contribution in [1.29, 1.82) is 0 Å². The Hall–Kier alpha value is -1.67. The second-order valence-electron chi connectivity index (χ2n) is 6.20. The van der Waals surface area contributed by atoms with E-state index in [2.05, 4.69) is 26.6 Å². The van der Waals surface area contributed by atoms with Gasteiger partial charge in [-0.3, -0.25) is 9.59 Å². The van der Waals surface area contributed by atoms with Gasteiger partial charge >= 0.3 is 0 Å². The first-order valence-corrected chi connectivity index (χ1v) is 10.2. The summed E-state index contributed by atoms with van der Waals surface area (Å²) < 4.78 is 14.5. The largest absolute Gasteiger partial charge is 0.320 e. The molecule has 0 aliphatic carbocycles. The second kappa shape index (κ2) is 10.8. The van der Waals surface area contributed by atoms with E-state index in [1.165, 1.54) is 12.1 Å². The number of carbonyl (C=O) groups excluding carboxylic acids is 2. The lowest BCUT2D eigenvalue weighted by Gasteiger charge is -2.18. The number of hydrogen-bond acceptors (Lipinski definition) is 2. The molecule has 0 bridgehead atoms. The van der Waals surface area contributed by atoms with E-state index in [1.807, 2.05) is 6.92 Å². The molecule has 1 atom stereocenters. The molecule has 0 saturated carbocycles. The minimum Gasteiger partial charge on any atom is -0.320 e. The maximum atomic E-state index is 13.9. The number of anilines is 2. The van der Waals surface area contributed by atoms with Gasteiger partial charge in [-0.1, -0.05) is 46.1 Å². The summed E-state index contributed by atoms with van der Waals surface area (Å²) in [5.74, 6) is -1.21. The fourth-order valence-corrected chi connectivity index (χ4v) is 3.29. The predicted molar refractivity (Wildman–Crippen MR) is 114 cm³/mol. The van der Waals surface area contributed by atoms with Gasteiger partial charge in [0.15, 0.2) is 13.1 Å². The van der Waals surface area contributed by atoms with E-state index in [9.17, 15) is 14.0 Å². The Bertz CT molecular complexity index is 867. The molecular formula is C19H20BrCl2FN3O2+. The van der Waals surface area contributed by atoms with Crippen LogP contribution in [-0.4, -0.2) is 31.4 Å². The zero-order valence-electron chi connectivity index (χ0n) is 15.1. The lowest BCUT2D eigenvalue weighted by molar-refractivity contribution is -0.883. The van der Waals surface area contributed by atoms with Crippen molar-refractivity contribution in [2.75, 3.05) is 30.3 Å². The van der Waals surface area contributed by atoms with E-state index in [-0.39, 0.29) is 30.6 Å². The molecule has 0 radical (unpaired) electrons. The highest BCUT2D eigenvalue weighted by atomic mass is 79.9. The van der Waals surface area contributed by atoms with Gasteiger partial charge in [0.25, 0.3) is 11.8 Å². The van der Waals surface area contributed by atoms with Gasteiger partial charge in [0.05, 0.1) is 22.9 Å². The topological polar surface area (TPSA) is 62.6 Å². The van der Waals surface area contributed by atoms with Crippen LogP contribution in [-0.2, 0) is 9.59 Å².